The van der Waals surface area contributed by atoms with Crippen molar-refractivity contribution in [2.45, 2.75) is 31.5 Å². The smallest absolute Gasteiger partial charge is 0.360 e. The normalized spacial score (nSPS) is 32.4. The minimum Gasteiger partial charge on any atom is -0.360 e. The van der Waals surface area contributed by atoms with Crippen LogP contribution in [0.5, 0.6) is 0 Å². The van der Waals surface area contributed by atoms with E-state index in [1.807, 2.05) is 0 Å². The van der Waals surface area contributed by atoms with Gasteiger partial charge in [-0.2, -0.15) is 13.2 Å². The van der Waals surface area contributed by atoms with Crippen molar-refractivity contribution < 1.29 is 17.9 Å². The molecule has 10 heavy (non-hydrogen) atoms. The van der Waals surface area contributed by atoms with Gasteiger partial charge in [0.15, 0.2) is 5.60 Å². The van der Waals surface area contributed by atoms with Crippen molar-refractivity contribution in [2.75, 3.05) is 6.61 Å². The summed E-state index contributed by atoms with van der Waals surface area (Å²) in [6, 6.07) is 0. The van der Waals surface area contributed by atoms with Gasteiger partial charge in [-0.3, -0.25) is 0 Å². The van der Waals surface area contributed by atoms with E-state index >= 15 is 0 Å². The van der Waals surface area contributed by atoms with Gasteiger partial charge in [0.25, 0.3) is 0 Å². The Morgan fingerprint density at radius 2 is 2.00 bits per heavy atom. The molecule has 0 bridgehead atoms. The number of ether oxygens (including phenoxy) is 1. The third-order valence-corrected chi connectivity index (χ3v) is 1.66. The largest absolute Gasteiger partial charge is 0.419 e. The molecule has 0 aliphatic carbocycles. The molecule has 60 valence electrons. The third-order valence-electron chi connectivity index (χ3n) is 1.66. The molecule has 1 aliphatic rings. The van der Waals surface area contributed by atoms with Crippen LogP contribution in [0.4, 0.5) is 13.2 Å². The number of rotatable bonds is 2. The van der Waals surface area contributed by atoms with Crippen LogP contribution in [0, 0.1) is 0 Å². The van der Waals surface area contributed by atoms with Crippen LogP contribution < -0.4 is 0 Å². The lowest BCUT2D eigenvalue weighted by Gasteiger charge is -2.13. The summed E-state index contributed by atoms with van der Waals surface area (Å²) < 4.78 is 40.2. The van der Waals surface area contributed by atoms with E-state index in [2.05, 4.69) is 4.74 Å². The summed E-state index contributed by atoms with van der Waals surface area (Å²) in [5.41, 5.74) is -1.76. The zero-order valence-electron chi connectivity index (χ0n) is 5.66. The summed E-state index contributed by atoms with van der Waals surface area (Å²) in [6.45, 7) is 1.57. The molecule has 0 aromatic heterocycles. The first-order valence-electron chi connectivity index (χ1n) is 3.22. The summed E-state index contributed by atoms with van der Waals surface area (Å²) in [6.07, 6.45) is -3.56. The maximum Gasteiger partial charge on any atom is 0.419 e. The first kappa shape index (κ1) is 7.85. The molecule has 0 saturated carbocycles. The van der Waals surface area contributed by atoms with E-state index in [0.29, 0.717) is 6.42 Å². The van der Waals surface area contributed by atoms with Crippen LogP contribution in [-0.4, -0.2) is 18.4 Å². The van der Waals surface area contributed by atoms with Crippen LogP contribution in [0.25, 0.3) is 0 Å². The summed E-state index contributed by atoms with van der Waals surface area (Å²) in [4.78, 5) is 0. The molecule has 1 unspecified atom stereocenters. The molecule has 1 fully saturated rings. The second-order valence-corrected chi connectivity index (χ2v) is 2.53. The van der Waals surface area contributed by atoms with E-state index in [9.17, 15) is 13.2 Å². The lowest BCUT2D eigenvalue weighted by molar-refractivity contribution is -0.185. The minimum atomic E-state index is -4.16. The van der Waals surface area contributed by atoms with E-state index in [1.165, 1.54) is 0 Å². The Balaban J connectivity index is 2.52. The number of hydrogen-bond acceptors (Lipinski definition) is 1. The van der Waals surface area contributed by atoms with Gasteiger partial charge >= 0.3 is 6.18 Å². The van der Waals surface area contributed by atoms with Crippen LogP contribution in [0.1, 0.15) is 19.8 Å². The molecule has 1 rings (SSSR count). The average molecular weight is 154 g/mol. The predicted molar refractivity (Wildman–Crippen MR) is 29.6 cm³/mol. The van der Waals surface area contributed by atoms with Gasteiger partial charge in [0.1, 0.15) is 0 Å². The topological polar surface area (TPSA) is 12.5 Å². The van der Waals surface area contributed by atoms with Crippen molar-refractivity contribution in [1.29, 1.82) is 0 Å². The van der Waals surface area contributed by atoms with E-state index in [0.717, 1.165) is 0 Å². The standard InChI is InChI=1S/C6H9F3O/c1-2-3-5(4-10-5)6(7,8)9/h2-4H2,1H3. The highest BCUT2D eigenvalue weighted by Crippen LogP contribution is 2.46. The molecule has 1 saturated heterocycles. The van der Waals surface area contributed by atoms with Crippen molar-refractivity contribution in [2.24, 2.45) is 0 Å². The number of epoxide rings is 1. The fourth-order valence-electron chi connectivity index (χ4n) is 0.941. The van der Waals surface area contributed by atoms with E-state index in [4.69, 9.17) is 0 Å². The highest BCUT2D eigenvalue weighted by atomic mass is 19.4. The van der Waals surface area contributed by atoms with Gasteiger partial charge in [0, 0.05) is 0 Å². The first-order chi connectivity index (χ1) is 4.52. The highest BCUT2D eigenvalue weighted by Gasteiger charge is 2.64. The van der Waals surface area contributed by atoms with E-state index in [1.54, 1.807) is 6.92 Å². The maximum absolute atomic E-state index is 12.0. The zero-order chi connectivity index (χ0) is 7.83. The van der Waals surface area contributed by atoms with Gasteiger partial charge in [-0.25, -0.2) is 0 Å². The number of hydrogen-bond donors (Lipinski definition) is 0. The quantitative estimate of drug-likeness (QED) is 0.555. The fraction of sp³-hybridized carbons (Fsp3) is 1.00. The van der Waals surface area contributed by atoms with Gasteiger partial charge in [0.05, 0.1) is 6.61 Å². The van der Waals surface area contributed by atoms with Crippen molar-refractivity contribution in [3.05, 3.63) is 0 Å². The molecule has 0 N–H and O–H groups in total. The molecular weight excluding hydrogens is 145 g/mol. The van der Waals surface area contributed by atoms with Crippen LogP contribution in [-0.2, 0) is 4.74 Å². The molecule has 1 atom stereocenters. The molecule has 4 heteroatoms. The van der Waals surface area contributed by atoms with Crippen molar-refractivity contribution in [1.82, 2.24) is 0 Å². The Morgan fingerprint density at radius 3 is 2.10 bits per heavy atom. The van der Waals surface area contributed by atoms with E-state index < -0.39 is 11.8 Å². The van der Waals surface area contributed by atoms with E-state index in [-0.39, 0.29) is 13.0 Å². The molecule has 0 amide bonds. The van der Waals surface area contributed by atoms with Crippen LogP contribution in [0.15, 0.2) is 0 Å². The fourth-order valence-corrected chi connectivity index (χ4v) is 0.941. The van der Waals surface area contributed by atoms with Gasteiger partial charge < -0.3 is 4.74 Å². The summed E-state index contributed by atoms with van der Waals surface area (Å²) in [5, 5.41) is 0. The Morgan fingerprint density at radius 1 is 1.50 bits per heavy atom. The van der Waals surface area contributed by atoms with Crippen LogP contribution >= 0.6 is 0 Å². The van der Waals surface area contributed by atoms with Gasteiger partial charge in [-0.05, 0) is 6.42 Å². The number of alkyl halides is 3. The molecule has 1 aliphatic heterocycles. The first-order valence-corrected chi connectivity index (χ1v) is 3.22. The average Bonchev–Trinajstić information content (AvgIpc) is 2.45. The van der Waals surface area contributed by atoms with Crippen LogP contribution in [0.3, 0.4) is 0 Å². The third kappa shape index (κ3) is 1.12. The van der Waals surface area contributed by atoms with Crippen molar-refractivity contribution in [3.8, 4) is 0 Å². The Hall–Kier alpha value is -0.250. The molecule has 0 aromatic carbocycles. The Bertz CT molecular complexity index is 125. The second-order valence-electron chi connectivity index (χ2n) is 2.53. The van der Waals surface area contributed by atoms with Crippen LogP contribution in [0.2, 0.25) is 0 Å². The maximum atomic E-state index is 12.0. The summed E-state index contributed by atoms with van der Waals surface area (Å²) in [5.74, 6) is 0. The summed E-state index contributed by atoms with van der Waals surface area (Å²) in [7, 11) is 0. The Kier molecular flexibility index (Phi) is 1.66. The zero-order valence-corrected chi connectivity index (χ0v) is 5.66. The lowest BCUT2D eigenvalue weighted by Crippen LogP contribution is -2.32. The Labute approximate surface area is 57.2 Å². The van der Waals surface area contributed by atoms with Crippen molar-refractivity contribution in [3.63, 3.8) is 0 Å². The summed E-state index contributed by atoms with van der Waals surface area (Å²) >= 11 is 0. The predicted octanol–water partition coefficient (Wildman–Crippen LogP) is 2.12. The molecular formula is C6H9F3O. The molecule has 0 radical (unpaired) electrons. The van der Waals surface area contributed by atoms with Crippen molar-refractivity contribution >= 4 is 0 Å². The number of halogens is 3. The highest BCUT2D eigenvalue weighted by molar-refractivity contribution is 4.98. The van der Waals surface area contributed by atoms with Gasteiger partial charge in [-0.15, -0.1) is 0 Å². The SMILES string of the molecule is CCCC1(C(F)(F)F)CO1. The van der Waals surface area contributed by atoms with Gasteiger partial charge in [0.2, 0.25) is 0 Å². The lowest BCUT2D eigenvalue weighted by atomic mass is 10.1. The second kappa shape index (κ2) is 2.12. The molecule has 1 heterocycles. The molecule has 0 spiro atoms. The van der Waals surface area contributed by atoms with Gasteiger partial charge in [-0.1, -0.05) is 13.3 Å². The monoisotopic (exact) mass is 154 g/mol. The molecule has 0 aromatic rings. The minimum absolute atomic E-state index is 0.0938. The molecule has 1 nitrogen and oxygen atoms in total.